The van der Waals surface area contributed by atoms with Gasteiger partial charge in [0.2, 0.25) is 0 Å². The van der Waals surface area contributed by atoms with Gasteiger partial charge in [-0.05, 0) is 42.0 Å². The highest BCUT2D eigenvalue weighted by molar-refractivity contribution is 7.86. The second-order valence-corrected chi connectivity index (χ2v) is 8.14. The normalized spacial score (nSPS) is 11.8. The molecule has 0 fully saturated rings. The molecule has 2 rings (SSSR count). The summed E-state index contributed by atoms with van der Waals surface area (Å²) in [6.45, 7) is 0.382. The molecule has 0 saturated heterocycles. The molecule has 0 N–H and O–H groups in total. The topological polar surface area (TPSA) is 82.1 Å². The van der Waals surface area contributed by atoms with Crippen LogP contribution >= 0.6 is 0 Å². The molecule has 0 spiro atoms. The molecule has 170 valence electrons. The van der Waals surface area contributed by atoms with Gasteiger partial charge in [-0.25, -0.2) is 0 Å². The molecule has 0 radical (unpaired) electrons. The fraction of sp³-hybridized carbons (Fsp3) is 0.350. The van der Waals surface area contributed by atoms with Crippen LogP contribution < -0.4 is 8.92 Å². The van der Waals surface area contributed by atoms with E-state index in [0.717, 1.165) is 30.5 Å². The summed E-state index contributed by atoms with van der Waals surface area (Å²) in [7, 11) is -1.02. The van der Waals surface area contributed by atoms with E-state index >= 15 is 0 Å². The van der Waals surface area contributed by atoms with Gasteiger partial charge in [-0.1, -0.05) is 6.07 Å². The molecule has 1 amide bonds. The third-order valence-corrected chi connectivity index (χ3v) is 4.64. The van der Waals surface area contributed by atoms with Gasteiger partial charge in [0.25, 0.3) is 5.91 Å². The Bertz CT molecular complexity index is 1010. The Morgan fingerprint density at radius 3 is 2.19 bits per heavy atom. The molecule has 31 heavy (non-hydrogen) atoms. The number of ether oxygens (including phenoxy) is 2. The van der Waals surface area contributed by atoms with Crippen molar-refractivity contribution >= 4 is 16.0 Å². The largest absolute Gasteiger partial charge is 0.493 e. The molecular formula is C20H22F3NO6S. The van der Waals surface area contributed by atoms with Gasteiger partial charge in [0.05, 0.1) is 25.5 Å². The Morgan fingerprint density at radius 2 is 1.68 bits per heavy atom. The van der Waals surface area contributed by atoms with E-state index in [-0.39, 0.29) is 36.8 Å². The number of halogens is 3. The van der Waals surface area contributed by atoms with Crippen molar-refractivity contribution in [2.24, 2.45) is 0 Å². The van der Waals surface area contributed by atoms with E-state index in [1.165, 1.54) is 31.3 Å². The average molecular weight is 461 g/mol. The minimum absolute atomic E-state index is 0.0351. The van der Waals surface area contributed by atoms with Crippen molar-refractivity contribution in [2.75, 3.05) is 33.6 Å². The summed E-state index contributed by atoms with van der Waals surface area (Å²) in [6, 6.07) is 8.43. The van der Waals surface area contributed by atoms with Gasteiger partial charge < -0.3 is 18.6 Å². The summed E-state index contributed by atoms with van der Waals surface area (Å²) in [5.41, 5.74) is -0.258. The minimum atomic E-state index is -4.50. The fourth-order valence-electron chi connectivity index (χ4n) is 2.71. The van der Waals surface area contributed by atoms with Crippen molar-refractivity contribution in [3.8, 4) is 11.5 Å². The second kappa shape index (κ2) is 10.0. The Hall–Kier alpha value is -2.79. The predicted molar refractivity (Wildman–Crippen MR) is 107 cm³/mol. The first kappa shape index (κ1) is 24.5. The van der Waals surface area contributed by atoms with Crippen LogP contribution in [0.25, 0.3) is 0 Å². The molecule has 0 aromatic heterocycles. The zero-order valence-electron chi connectivity index (χ0n) is 17.1. The van der Waals surface area contributed by atoms with Gasteiger partial charge in [0.1, 0.15) is 0 Å². The van der Waals surface area contributed by atoms with Crippen molar-refractivity contribution in [1.82, 2.24) is 4.90 Å². The number of hydrogen-bond donors (Lipinski definition) is 0. The van der Waals surface area contributed by atoms with Crippen molar-refractivity contribution in [3.05, 3.63) is 59.2 Å². The smallest absolute Gasteiger partial charge is 0.416 e. The number of nitrogens with zero attached hydrogens (tertiary/aromatic N) is 1. The molecule has 0 heterocycles. The molecule has 0 unspecified atom stereocenters. The summed E-state index contributed by atoms with van der Waals surface area (Å²) in [5.74, 6) is -0.366. The van der Waals surface area contributed by atoms with Crippen molar-refractivity contribution in [3.63, 3.8) is 0 Å². The summed E-state index contributed by atoms with van der Waals surface area (Å²) >= 11 is 0. The monoisotopic (exact) mass is 461 g/mol. The Morgan fingerprint density at radius 1 is 1.03 bits per heavy atom. The fourth-order valence-corrected chi connectivity index (χ4v) is 3.16. The number of benzene rings is 2. The Kier molecular flexibility index (Phi) is 7.91. The summed E-state index contributed by atoms with van der Waals surface area (Å²) in [6.07, 6.45) is -3.62. The third-order valence-electron chi connectivity index (χ3n) is 4.15. The molecule has 0 aliphatic heterocycles. The van der Waals surface area contributed by atoms with Crippen LogP contribution in [0.5, 0.6) is 11.5 Å². The van der Waals surface area contributed by atoms with Gasteiger partial charge in [0, 0.05) is 25.8 Å². The highest BCUT2D eigenvalue weighted by Gasteiger charge is 2.30. The molecule has 7 nitrogen and oxygen atoms in total. The summed E-state index contributed by atoms with van der Waals surface area (Å²) in [4.78, 5) is 14.3. The van der Waals surface area contributed by atoms with E-state index in [2.05, 4.69) is 0 Å². The van der Waals surface area contributed by atoms with Crippen molar-refractivity contribution in [2.45, 2.75) is 12.7 Å². The van der Waals surface area contributed by atoms with Crippen molar-refractivity contribution < 1.29 is 40.0 Å². The lowest BCUT2D eigenvalue weighted by atomic mass is 10.1. The number of methoxy groups -OCH3 is 2. The first-order valence-electron chi connectivity index (χ1n) is 8.96. The summed E-state index contributed by atoms with van der Waals surface area (Å²) in [5, 5.41) is 0. The molecule has 0 bridgehead atoms. The molecule has 2 aromatic carbocycles. The Labute approximate surface area is 178 Å². The van der Waals surface area contributed by atoms with Crippen LogP contribution in [0.1, 0.15) is 21.5 Å². The average Bonchev–Trinajstić information content (AvgIpc) is 2.69. The number of hydrogen-bond acceptors (Lipinski definition) is 6. The molecule has 11 heteroatoms. The number of carbonyl (C=O) groups excluding carboxylic acids is 1. The molecule has 0 atom stereocenters. The van der Waals surface area contributed by atoms with E-state index in [0.29, 0.717) is 5.56 Å². The van der Waals surface area contributed by atoms with E-state index in [1.807, 2.05) is 0 Å². The van der Waals surface area contributed by atoms with Gasteiger partial charge in [-0.15, -0.1) is 0 Å². The first-order chi connectivity index (χ1) is 14.4. The van der Waals surface area contributed by atoms with Crippen LogP contribution in [0.3, 0.4) is 0 Å². The van der Waals surface area contributed by atoms with Crippen molar-refractivity contribution in [1.29, 1.82) is 0 Å². The standard InChI is InChI=1S/C20H22F3NO6S/c1-28-11-10-24(19(25)15-5-7-16(8-6-15)20(21,22)23)13-14-4-9-17(29-2)18(12-14)30-31(3,26)27/h4-9,12H,10-11,13H2,1-3H3. The number of amides is 1. The number of rotatable bonds is 9. The SMILES string of the molecule is COCCN(Cc1ccc(OC)c(OS(C)(=O)=O)c1)C(=O)c1ccc(C(F)(F)F)cc1. The van der Waals surface area contributed by atoms with Crippen LogP contribution in [0.15, 0.2) is 42.5 Å². The van der Waals surface area contributed by atoms with Gasteiger partial charge in [-0.2, -0.15) is 21.6 Å². The number of carbonyl (C=O) groups is 1. The van der Waals surface area contributed by atoms with Gasteiger partial charge in [-0.3, -0.25) is 4.79 Å². The van der Waals surface area contributed by atoms with E-state index in [4.69, 9.17) is 13.7 Å². The number of alkyl halides is 3. The van der Waals surface area contributed by atoms with Crippen LogP contribution in [-0.2, 0) is 27.6 Å². The molecule has 0 aliphatic rings. The lowest BCUT2D eigenvalue weighted by Crippen LogP contribution is -2.33. The van der Waals surface area contributed by atoms with Crippen LogP contribution in [0.2, 0.25) is 0 Å². The molecule has 2 aromatic rings. The Balaban J connectivity index is 2.30. The van der Waals surface area contributed by atoms with E-state index < -0.39 is 27.8 Å². The predicted octanol–water partition coefficient (Wildman–Crippen LogP) is 3.34. The van der Waals surface area contributed by atoms with E-state index in [9.17, 15) is 26.4 Å². The maximum absolute atomic E-state index is 12.9. The maximum atomic E-state index is 12.9. The lowest BCUT2D eigenvalue weighted by Gasteiger charge is -2.23. The third kappa shape index (κ3) is 7.14. The molecular weight excluding hydrogens is 439 g/mol. The zero-order valence-corrected chi connectivity index (χ0v) is 17.9. The first-order valence-corrected chi connectivity index (χ1v) is 10.8. The van der Waals surface area contributed by atoms with Crippen LogP contribution in [0.4, 0.5) is 13.2 Å². The second-order valence-electron chi connectivity index (χ2n) is 6.57. The highest BCUT2D eigenvalue weighted by Crippen LogP contribution is 2.31. The zero-order chi connectivity index (χ0) is 23.2. The molecule has 0 saturated carbocycles. The molecule has 0 aliphatic carbocycles. The lowest BCUT2D eigenvalue weighted by molar-refractivity contribution is -0.137. The maximum Gasteiger partial charge on any atom is 0.416 e. The highest BCUT2D eigenvalue weighted by atomic mass is 32.2. The minimum Gasteiger partial charge on any atom is -0.493 e. The van der Waals surface area contributed by atoms with Crippen LogP contribution in [-0.4, -0.2) is 52.9 Å². The van der Waals surface area contributed by atoms with Gasteiger partial charge in [0.15, 0.2) is 11.5 Å². The quantitative estimate of drug-likeness (QED) is 0.533. The van der Waals surface area contributed by atoms with E-state index in [1.54, 1.807) is 6.07 Å². The van der Waals surface area contributed by atoms with Gasteiger partial charge >= 0.3 is 16.3 Å². The van der Waals surface area contributed by atoms with Crippen LogP contribution in [0, 0.1) is 0 Å². The summed E-state index contributed by atoms with van der Waals surface area (Å²) < 4.78 is 76.4.